The summed E-state index contributed by atoms with van der Waals surface area (Å²) in [5, 5.41) is 10.9. The Bertz CT molecular complexity index is 368. The summed E-state index contributed by atoms with van der Waals surface area (Å²) in [6.07, 6.45) is 0. The van der Waals surface area contributed by atoms with E-state index in [1.165, 1.54) is 12.1 Å². The number of rotatable bonds is 3. The maximum atomic E-state index is 10.6. The Morgan fingerprint density at radius 2 is 2.14 bits per heavy atom. The highest BCUT2D eigenvalue weighted by molar-refractivity contribution is 6.36. The van der Waals surface area contributed by atoms with Gasteiger partial charge in [0.1, 0.15) is 5.02 Å². The van der Waals surface area contributed by atoms with Crippen molar-refractivity contribution in [2.24, 2.45) is 0 Å². The molecule has 1 aromatic carbocycles. The van der Waals surface area contributed by atoms with E-state index >= 15 is 0 Å². The van der Waals surface area contributed by atoms with Crippen LogP contribution in [0.4, 0.5) is 5.69 Å². The van der Waals surface area contributed by atoms with E-state index in [-0.39, 0.29) is 16.5 Å². The van der Waals surface area contributed by atoms with Crippen molar-refractivity contribution in [2.75, 3.05) is 6.61 Å². The first-order valence-electron chi connectivity index (χ1n) is 3.82. The van der Waals surface area contributed by atoms with Crippen molar-refractivity contribution in [1.82, 2.24) is 0 Å². The van der Waals surface area contributed by atoms with E-state index in [0.29, 0.717) is 11.6 Å². The average molecular weight is 236 g/mol. The van der Waals surface area contributed by atoms with Crippen molar-refractivity contribution < 1.29 is 9.66 Å². The number of benzene rings is 1. The molecule has 0 fully saturated rings. The predicted molar refractivity (Wildman–Crippen MR) is 54.3 cm³/mol. The van der Waals surface area contributed by atoms with Crippen molar-refractivity contribution in [3.05, 3.63) is 32.3 Å². The zero-order valence-corrected chi connectivity index (χ0v) is 8.80. The summed E-state index contributed by atoms with van der Waals surface area (Å²) in [5.74, 6) is 0.0926. The average Bonchev–Trinajstić information content (AvgIpc) is 2.01. The third kappa shape index (κ3) is 2.27. The van der Waals surface area contributed by atoms with Crippen LogP contribution in [0, 0.1) is 10.1 Å². The number of ether oxygens (including phenoxy) is 1. The second kappa shape index (κ2) is 4.48. The van der Waals surface area contributed by atoms with Crippen LogP contribution in [0.25, 0.3) is 0 Å². The van der Waals surface area contributed by atoms with Crippen LogP contribution >= 0.6 is 23.2 Å². The lowest BCUT2D eigenvalue weighted by molar-refractivity contribution is -0.385. The summed E-state index contributed by atoms with van der Waals surface area (Å²) in [7, 11) is 0. The smallest absolute Gasteiger partial charge is 0.329 e. The molecule has 0 aliphatic carbocycles. The molecule has 0 aromatic heterocycles. The monoisotopic (exact) mass is 235 g/mol. The number of hydrogen-bond acceptors (Lipinski definition) is 3. The number of nitro groups is 1. The molecule has 0 bridgehead atoms. The van der Waals surface area contributed by atoms with Crippen LogP contribution in [0.1, 0.15) is 6.92 Å². The molecule has 0 aliphatic heterocycles. The molecule has 0 heterocycles. The molecule has 0 radical (unpaired) electrons. The summed E-state index contributed by atoms with van der Waals surface area (Å²) in [5.41, 5.74) is -0.252. The summed E-state index contributed by atoms with van der Waals surface area (Å²) >= 11 is 11.3. The molecule has 0 unspecified atom stereocenters. The van der Waals surface area contributed by atoms with Crippen LogP contribution in [0.2, 0.25) is 10.0 Å². The molecule has 0 atom stereocenters. The molecular weight excluding hydrogens is 229 g/mol. The van der Waals surface area contributed by atoms with Crippen molar-refractivity contribution >= 4 is 28.9 Å². The maximum absolute atomic E-state index is 10.6. The van der Waals surface area contributed by atoms with Crippen LogP contribution in [-0.4, -0.2) is 11.5 Å². The van der Waals surface area contributed by atoms with Crippen LogP contribution in [-0.2, 0) is 0 Å². The molecule has 14 heavy (non-hydrogen) atoms. The lowest BCUT2D eigenvalue weighted by atomic mass is 10.3. The number of halogens is 2. The Morgan fingerprint density at radius 1 is 1.50 bits per heavy atom. The highest BCUT2D eigenvalue weighted by Crippen LogP contribution is 2.37. The van der Waals surface area contributed by atoms with Crippen LogP contribution in [0.3, 0.4) is 0 Å². The van der Waals surface area contributed by atoms with E-state index in [0.717, 1.165) is 0 Å². The van der Waals surface area contributed by atoms with E-state index in [9.17, 15) is 10.1 Å². The maximum Gasteiger partial charge on any atom is 0.329 e. The normalized spacial score (nSPS) is 9.93. The van der Waals surface area contributed by atoms with Crippen LogP contribution in [0.5, 0.6) is 5.75 Å². The Kier molecular flexibility index (Phi) is 3.55. The molecule has 0 amide bonds. The molecule has 4 nitrogen and oxygen atoms in total. The SMILES string of the molecule is CCOc1cc(Cl)cc(Cl)c1[N+](=O)[O-]. The van der Waals surface area contributed by atoms with E-state index in [1.54, 1.807) is 6.92 Å². The molecular formula is C8H7Cl2NO3. The van der Waals surface area contributed by atoms with Gasteiger partial charge in [-0.05, 0) is 13.0 Å². The Balaban J connectivity index is 3.28. The van der Waals surface area contributed by atoms with Crippen molar-refractivity contribution in [1.29, 1.82) is 0 Å². The minimum Gasteiger partial charge on any atom is -0.487 e. The van der Waals surface area contributed by atoms with E-state index < -0.39 is 4.92 Å². The molecule has 6 heteroatoms. The van der Waals surface area contributed by atoms with Gasteiger partial charge in [0.05, 0.1) is 11.5 Å². The third-order valence-electron chi connectivity index (χ3n) is 1.48. The molecule has 1 aromatic rings. The Labute approximate surface area is 90.5 Å². The minimum absolute atomic E-state index is 0.0223. The molecule has 0 saturated heterocycles. The molecule has 0 saturated carbocycles. The van der Waals surface area contributed by atoms with Gasteiger partial charge >= 0.3 is 5.69 Å². The standard InChI is InChI=1S/C8H7Cl2NO3/c1-2-14-7-4-5(9)3-6(10)8(7)11(12)13/h3-4H,2H2,1H3. The zero-order chi connectivity index (χ0) is 10.7. The van der Waals surface area contributed by atoms with Gasteiger partial charge in [-0.2, -0.15) is 0 Å². The first-order valence-corrected chi connectivity index (χ1v) is 4.58. The lowest BCUT2D eigenvalue weighted by Gasteiger charge is -2.05. The second-order valence-corrected chi connectivity index (χ2v) is 3.27. The predicted octanol–water partition coefficient (Wildman–Crippen LogP) is 3.30. The molecule has 0 spiro atoms. The Hall–Kier alpha value is -1.00. The number of hydrogen-bond donors (Lipinski definition) is 0. The summed E-state index contributed by atoms with van der Waals surface area (Å²) in [6.45, 7) is 2.04. The molecule has 1 rings (SSSR count). The van der Waals surface area contributed by atoms with Crippen LogP contribution < -0.4 is 4.74 Å². The van der Waals surface area contributed by atoms with Crippen molar-refractivity contribution in [3.63, 3.8) is 0 Å². The fourth-order valence-electron chi connectivity index (χ4n) is 0.985. The second-order valence-electron chi connectivity index (χ2n) is 2.42. The van der Waals surface area contributed by atoms with Gasteiger partial charge in [0.25, 0.3) is 0 Å². The van der Waals surface area contributed by atoms with Gasteiger partial charge < -0.3 is 4.74 Å². The summed E-state index contributed by atoms with van der Waals surface area (Å²) in [4.78, 5) is 10.0. The topological polar surface area (TPSA) is 52.4 Å². The van der Waals surface area contributed by atoms with E-state index in [2.05, 4.69) is 0 Å². The van der Waals surface area contributed by atoms with E-state index in [4.69, 9.17) is 27.9 Å². The van der Waals surface area contributed by atoms with Gasteiger partial charge in [-0.1, -0.05) is 23.2 Å². The van der Waals surface area contributed by atoms with Gasteiger partial charge in [0.2, 0.25) is 0 Å². The van der Waals surface area contributed by atoms with Gasteiger partial charge in [-0.3, -0.25) is 10.1 Å². The largest absolute Gasteiger partial charge is 0.487 e. The van der Waals surface area contributed by atoms with Crippen molar-refractivity contribution in [2.45, 2.75) is 6.92 Å². The van der Waals surface area contributed by atoms with Crippen molar-refractivity contribution in [3.8, 4) is 5.75 Å². The fourth-order valence-corrected chi connectivity index (χ4v) is 1.53. The minimum atomic E-state index is -0.594. The quantitative estimate of drug-likeness (QED) is 0.597. The zero-order valence-electron chi connectivity index (χ0n) is 7.29. The van der Waals surface area contributed by atoms with Gasteiger partial charge in [0.15, 0.2) is 5.75 Å². The lowest BCUT2D eigenvalue weighted by Crippen LogP contribution is -1.98. The highest BCUT2D eigenvalue weighted by Gasteiger charge is 2.20. The van der Waals surface area contributed by atoms with E-state index in [1.807, 2.05) is 0 Å². The Morgan fingerprint density at radius 3 is 2.64 bits per heavy atom. The first kappa shape index (κ1) is 11.1. The molecule has 76 valence electrons. The highest BCUT2D eigenvalue weighted by atomic mass is 35.5. The number of nitro benzene ring substituents is 1. The first-order chi connectivity index (χ1) is 6.56. The summed E-state index contributed by atoms with van der Waals surface area (Å²) in [6, 6.07) is 2.68. The third-order valence-corrected chi connectivity index (χ3v) is 1.98. The number of nitrogens with zero attached hydrogens (tertiary/aromatic N) is 1. The van der Waals surface area contributed by atoms with Crippen LogP contribution in [0.15, 0.2) is 12.1 Å². The molecule has 0 aliphatic rings. The molecule has 0 N–H and O–H groups in total. The summed E-state index contributed by atoms with van der Waals surface area (Å²) < 4.78 is 5.05. The van der Waals surface area contributed by atoms with Gasteiger partial charge in [-0.15, -0.1) is 0 Å². The van der Waals surface area contributed by atoms with Gasteiger partial charge in [0, 0.05) is 11.1 Å². The fraction of sp³-hybridized carbons (Fsp3) is 0.250. The van der Waals surface area contributed by atoms with Gasteiger partial charge in [-0.25, -0.2) is 0 Å².